The van der Waals surface area contributed by atoms with Gasteiger partial charge in [-0.15, -0.1) is 0 Å². The Labute approximate surface area is 377 Å². The van der Waals surface area contributed by atoms with Gasteiger partial charge in [0.15, 0.2) is 23.8 Å². The number of hydrogen-bond donors (Lipinski definition) is 2. The van der Waals surface area contributed by atoms with E-state index in [-0.39, 0.29) is 48.6 Å². The second-order valence-corrected chi connectivity index (χ2v) is 18.8. The van der Waals surface area contributed by atoms with Gasteiger partial charge < -0.3 is 9.98 Å². The van der Waals surface area contributed by atoms with E-state index in [2.05, 4.69) is 191 Å². The molecule has 0 aliphatic heterocycles. The van der Waals surface area contributed by atoms with Crippen molar-refractivity contribution in [2.24, 2.45) is 10.8 Å². The minimum Gasteiger partial charge on any atom is -0.372 e. The molecule has 6 nitrogen and oxygen atoms in total. The summed E-state index contributed by atoms with van der Waals surface area (Å²) in [7, 11) is 0. The van der Waals surface area contributed by atoms with Crippen molar-refractivity contribution in [2.75, 3.05) is 13.1 Å². The number of H-pyrrole nitrogens is 2. The van der Waals surface area contributed by atoms with Crippen molar-refractivity contribution in [2.45, 2.75) is 146 Å². The first kappa shape index (κ1) is 50.1. The molecule has 0 spiro atoms. The average Bonchev–Trinajstić information content (AvgIpc) is 3.14. The van der Waals surface area contributed by atoms with Gasteiger partial charge in [-0.25, -0.2) is 20.6 Å². The number of benzene rings is 2. The molecule has 304 valence electrons. The van der Waals surface area contributed by atoms with Gasteiger partial charge in [0.05, 0.1) is 23.2 Å². The van der Waals surface area contributed by atoms with E-state index in [9.17, 15) is 0 Å². The van der Waals surface area contributed by atoms with E-state index in [0.29, 0.717) is 35.5 Å². The quantitative estimate of drug-likeness (QED) is 0.0813. The topological polar surface area (TPSA) is 84.4 Å². The number of aromatic nitrogens is 2. The number of nitrogens with zero attached hydrogens (tertiary/aromatic N) is 2. The molecule has 0 radical (unpaired) electrons. The Morgan fingerprint density at radius 2 is 0.772 bits per heavy atom. The maximum atomic E-state index is 5.23. The molecule has 4 rings (SSSR count). The number of hydrogen-bond acceptors (Lipinski definition) is 0. The van der Waals surface area contributed by atoms with Crippen molar-refractivity contribution in [1.82, 2.24) is 0 Å². The molecular formula is C50H76CaN6+4. The van der Waals surface area contributed by atoms with Gasteiger partial charge in [0, 0.05) is 48.2 Å². The van der Waals surface area contributed by atoms with Crippen molar-refractivity contribution in [3.63, 3.8) is 0 Å². The molecule has 0 fully saturated rings. The van der Waals surface area contributed by atoms with Gasteiger partial charge in [0.25, 0.3) is 0 Å². The van der Waals surface area contributed by atoms with Crippen LogP contribution in [-0.4, -0.2) is 62.5 Å². The molecule has 0 saturated heterocycles. The molecule has 2 aromatic carbocycles. The van der Waals surface area contributed by atoms with Gasteiger partial charge in [-0.1, -0.05) is 159 Å². The Morgan fingerprint density at radius 1 is 0.474 bits per heavy atom. The van der Waals surface area contributed by atoms with Gasteiger partial charge in [0.2, 0.25) is 0 Å². The number of aromatic amines is 2. The summed E-state index contributed by atoms with van der Waals surface area (Å²) < 4.78 is 0. The van der Waals surface area contributed by atoms with Crippen molar-refractivity contribution < 1.29 is 20.0 Å². The third-order valence-electron chi connectivity index (χ3n) is 10.2. The number of rotatable bonds is 12. The van der Waals surface area contributed by atoms with Gasteiger partial charge >= 0.3 is 37.7 Å². The van der Waals surface area contributed by atoms with Crippen LogP contribution in [0.25, 0.3) is 10.6 Å². The van der Waals surface area contributed by atoms with Crippen LogP contribution in [0.4, 0.5) is 11.4 Å². The zero-order valence-electron chi connectivity index (χ0n) is 38.6. The summed E-state index contributed by atoms with van der Waals surface area (Å²) in [5.41, 5.74) is 9.91. The fourth-order valence-electron chi connectivity index (χ4n) is 6.60. The van der Waals surface area contributed by atoms with Crippen LogP contribution in [0.15, 0.2) is 85.2 Å². The van der Waals surface area contributed by atoms with Crippen LogP contribution < -0.4 is 20.0 Å². The predicted octanol–water partition coefficient (Wildman–Crippen LogP) is 9.78. The summed E-state index contributed by atoms with van der Waals surface area (Å²) in [6, 6.07) is 25.7. The molecule has 7 heteroatoms. The molecule has 0 aliphatic rings. The summed E-state index contributed by atoms with van der Waals surface area (Å²) in [6.07, 6.45) is 3.97. The summed E-state index contributed by atoms with van der Waals surface area (Å²) in [5.74, 6) is 4.61. The molecule has 2 aromatic heterocycles. The van der Waals surface area contributed by atoms with E-state index < -0.39 is 0 Å². The van der Waals surface area contributed by atoms with Gasteiger partial charge in [-0.2, -0.15) is 0 Å². The van der Waals surface area contributed by atoms with Crippen LogP contribution in [0.2, 0.25) is 0 Å². The predicted molar refractivity (Wildman–Crippen MR) is 244 cm³/mol. The summed E-state index contributed by atoms with van der Waals surface area (Å²) in [4.78, 5) is 14.0. The summed E-state index contributed by atoms with van der Waals surface area (Å²) in [5, 5.41) is 10.5. The largest absolute Gasteiger partial charge is 2.00 e. The molecule has 4 aromatic rings. The van der Waals surface area contributed by atoms with E-state index in [0.717, 1.165) is 36.1 Å². The zero-order chi connectivity index (χ0) is 41.8. The first-order chi connectivity index (χ1) is 26.2. The first-order valence-corrected chi connectivity index (χ1v) is 21.1. The zero-order valence-corrected chi connectivity index (χ0v) is 40.8. The average molecular weight is 801 g/mol. The summed E-state index contributed by atoms with van der Waals surface area (Å²) in [6.45, 7) is 37.5. The number of pyridine rings is 2. The molecule has 0 bridgehead atoms. The van der Waals surface area contributed by atoms with Gasteiger partial charge in [-0.05, 0) is 45.9 Å². The smallest absolute Gasteiger partial charge is 0.372 e. The molecule has 0 unspecified atom stereocenters. The number of para-hydroxylation sites is 2. The maximum Gasteiger partial charge on any atom is 2.00 e. The molecule has 0 saturated carbocycles. The van der Waals surface area contributed by atoms with Crippen LogP contribution in [0.3, 0.4) is 0 Å². The summed E-state index contributed by atoms with van der Waals surface area (Å²) >= 11 is 0. The normalized spacial score (nSPS) is 13.6. The second-order valence-electron chi connectivity index (χ2n) is 18.8. The Bertz CT molecular complexity index is 1660. The van der Waals surface area contributed by atoms with Crippen molar-refractivity contribution >= 4 is 60.8 Å². The minimum atomic E-state index is -0.0571. The maximum absolute atomic E-state index is 5.23. The van der Waals surface area contributed by atoms with Crippen LogP contribution in [0.1, 0.15) is 180 Å². The number of nitrogens with one attached hydrogen (secondary N) is 4. The van der Waals surface area contributed by atoms with Gasteiger partial charge in [-0.3, -0.25) is 0 Å². The molecule has 4 N–H and O–H groups in total. The fraction of sp³-hybridized carbons (Fsp3) is 0.520. The third-order valence-corrected chi connectivity index (χ3v) is 10.2. The van der Waals surface area contributed by atoms with Crippen molar-refractivity contribution in [1.29, 1.82) is 0 Å². The van der Waals surface area contributed by atoms with E-state index in [1.807, 2.05) is 24.5 Å². The van der Waals surface area contributed by atoms with Crippen molar-refractivity contribution in [3.8, 4) is 0 Å². The van der Waals surface area contributed by atoms with E-state index in [4.69, 9.17) is 10.6 Å². The Balaban J connectivity index is 0.000000387. The van der Waals surface area contributed by atoms with Crippen LogP contribution in [0.5, 0.6) is 0 Å². The number of amidine groups is 2. The fourth-order valence-corrected chi connectivity index (χ4v) is 6.60. The van der Waals surface area contributed by atoms with Crippen LogP contribution in [-0.2, 0) is 0 Å². The first-order valence-electron chi connectivity index (χ1n) is 21.1. The monoisotopic (exact) mass is 801 g/mol. The Kier molecular flexibility index (Phi) is 20.1. The molecule has 2 heterocycles. The second kappa shape index (κ2) is 22.9. The SMILES string of the molecule is CC(C)c1cccc(C(C)C)c1[N-]C(=[NH+]C[C@@H](C)c1cccc[nH+]1)C(C)(C)C.CC(C)c1cccc(C(C)C)c1[N-]C(=[NH+]C[C@@H](C)c1cccc[nH+]1)C(C)(C)C.[Ca+2]. The van der Waals surface area contributed by atoms with E-state index in [1.54, 1.807) is 0 Å². The molecular weight excluding hydrogens is 725 g/mol. The van der Waals surface area contributed by atoms with E-state index >= 15 is 0 Å². The van der Waals surface area contributed by atoms with Crippen molar-refractivity contribution in [3.05, 3.63) is 129 Å². The molecule has 0 amide bonds. The van der Waals surface area contributed by atoms with E-state index in [1.165, 1.54) is 33.6 Å². The molecule has 0 aliphatic carbocycles. The molecule has 2 atom stereocenters. The van der Waals surface area contributed by atoms with Gasteiger partial charge in [0.1, 0.15) is 11.7 Å². The molecule has 57 heavy (non-hydrogen) atoms. The third kappa shape index (κ3) is 15.2. The Morgan fingerprint density at radius 3 is 1.00 bits per heavy atom. The van der Waals surface area contributed by atoms with Crippen LogP contribution >= 0.6 is 0 Å². The minimum absolute atomic E-state index is 0. The standard InChI is InChI=1S/2C25H36N3.Ca/c2*1-17(2)20-12-11-13-21(18(3)4)23(20)28-24(25(6,7)8)27-16-19(5)22-14-9-10-15-26-22;/h2*9-15,17-19H,16H2,1-8H3;/q2*-1;+2/p+4/t2*19-;/m11./s1. The van der Waals surface area contributed by atoms with Crippen LogP contribution in [0, 0.1) is 10.8 Å². The Hall–Kier alpha value is -3.06.